The summed E-state index contributed by atoms with van der Waals surface area (Å²) < 4.78 is 41.9. The predicted octanol–water partition coefficient (Wildman–Crippen LogP) is 2.43. The molecule has 0 saturated carbocycles. The molecular formula is C11H11F3N2O2S. The number of thiophene rings is 1. The molecule has 0 aliphatic heterocycles. The standard InChI is InChI=1S/C11H11F3N2O2S/c12-11(13,14)6-18-4-1-3-16-7-15-8-2-5-19-9(8)10(16)17/h2,5,7H,1,3-4,6H2. The van der Waals surface area contributed by atoms with E-state index in [0.29, 0.717) is 16.6 Å². The minimum absolute atomic E-state index is 0.0472. The normalized spacial score (nSPS) is 12.2. The lowest BCUT2D eigenvalue weighted by molar-refractivity contribution is -0.174. The molecule has 0 spiro atoms. The van der Waals surface area contributed by atoms with Crippen LogP contribution >= 0.6 is 11.3 Å². The third kappa shape index (κ3) is 3.77. The van der Waals surface area contributed by atoms with E-state index in [1.807, 2.05) is 0 Å². The molecule has 0 amide bonds. The summed E-state index contributed by atoms with van der Waals surface area (Å²) in [7, 11) is 0. The van der Waals surface area contributed by atoms with Crippen LogP contribution in [-0.4, -0.2) is 28.9 Å². The van der Waals surface area contributed by atoms with Crippen molar-refractivity contribution in [2.24, 2.45) is 0 Å². The van der Waals surface area contributed by atoms with E-state index in [1.165, 1.54) is 22.2 Å². The number of aromatic nitrogens is 2. The van der Waals surface area contributed by atoms with E-state index >= 15 is 0 Å². The summed E-state index contributed by atoms with van der Waals surface area (Å²) in [5, 5.41) is 1.77. The fraction of sp³-hybridized carbons (Fsp3) is 0.455. The summed E-state index contributed by atoms with van der Waals surface area (Å²) in [6.45, 7) is -1.02. The van der Waals surface area contributed by atoms with Gasteiger partial charge in [0.25, 0.3) is 5.56 Å². The van der Waals surface area contributed by atoms with Gasteiger partial charge in [0.1, 0.15) is 11.3 Å². The highest BCUT2D eigenvalue weighted by Crippen LogP contribution is 2.15. The van der Waals surface area contributed by atoms with Gasteiger partial charge >= 0.3 is 6.18 Å². The second-order valence-corrected chi connectivity index (χ2v) is 4.82. The monoisotopic (exact) mass is 292 g/mol. The molecule has 2 aromatic rings. The van der Waals surface area contributed by atoms with Gasteiger partial charge in [0.05, 0.1) is 11.8 Å². The van der Waals surface area contributed by atoms with Crippen LogP contribution in [0.1, 0.15) is 6.42 Å². The van der Waals surface area contributed by atoms with Crippen LogP contribution in [0.4, 0.5) is 13.2 Å². The Balaban J connectivity index is 1.88. The first-order valence-electron chi connectivity index (χ1n) is 5.54. The van der Waals surface area contributed by atoms with Gasteiger partial charge in [-0.3, -0.25) is 9.36 Å². The molecule has 0 aromatic carbocycles. The lowest BCUT2D eigenvalue weighted by Crippen LogP contribution is -2.21. The third-order valence-electron chi connectivity index (χ3n) is 2.39. The zero-order valence-corrected chi connectivity index (χ0v) is 10.6. The van der Waals surface area contributed by atoms with Gasteiger partial charge in [0, 0.05) is 13.2 Å². The fourth-order valence-corrected chi connectivity index (χ4v) is 2.36. The van der Waals surface area contributed by atoms with Gasteiger partial charge in [-0.1, -0.05) is 0 Å². The largest absolute Gasteiger partial charge is 0.411 e. The molecule has 0 atom stereocenters. The van der Waals surface area contributed by atoms with Crippen LogP contribution in [0.25, 0.3) is 10.2 Å². The van der Waals surface area contributed by atoms with E-state index < -0.39 is 12.8 Å². The van der Waals surface area contributed by atoms with Crippen molar-refractivity contribution in [3.63, 3.8) is 0 Å². The van der Waals surface area contributed by atoms with Crippen LogP contribution in [0.2, 0.25) is 0 Å². The lowest BCUT2D eigenvalue weighted by Gasteiger charge is -2.08. The van der Waals surface area contributed by atoms with Crippen LogP contribution in [0.5, 0.6) is 0 Å². The number of nitrogens with zero attached hydrogens (tertiary/aromatic N) is 2. The molecule has 0 saturated heterocycles. The molecular weight excluding hydrogens is 281 g/mol. The molecule has 2 rings (SSSR count). The Kier molecular flexibility index (Phi) is 4.20. The molecule has 0 bridgehead atoms. The van der Waals surface area contributed by atoms with Crippen LogP contribution in [0, 0.1) is 0 Å². The van der Waals surface area contributed by atoms with E-state index in [-0.39, 0.29) is 18.7 Å². The SMILES string of the molecule is O=c1c2sccc2ncn1CCCOCC(F)(F)F. The van der Waals surface area contributed by atoms with E-state index in [1.54, 1.807) is 11.4 Å². The molecule has 2 heterocycles. The second kappa shape index (κ2) is 5.70. The number of hydrogen-bond donors (Lipinski definition) is 0. The molecule has 104 valence electrons. The summed E-state index contributed by atoms with van der Waals surface area (Å²) in [6, 6.07) is 1.75. The van der Waals surface area contributed by atoms with Crippen molar-refractivity contribution in [1.29, 1.82) is 0 Å². The zero-order chi connectivity index (χ0) is 13.9. The van der Waals surface area contributed by atoms with Crippen molar-refractivity contribution >= 4 is 21.6 Å². The van der Waals surface area contributed by atoms with Crippen molar-refractivity contribution in [3.8, 4) is 0 Å². The van der Waals surface area contributed by atoms with Crippen LogP contribution in [0.3, 0.4) is 0 Å². The lowest BCUT2D eigenvalue weighted by atomic mass is 10.4. The molecule has 0 fully saturated rings. The average molecular weight is 292 g/mol. The van der Waals surface area contributed by atoms with Gasteiger partial charge in [-0.05, 0) is 17.9 Å². The highest BCUT2D eigenvalue weighted by molar-refractivity contribution is 7.17. The van der Waals surface area contributed by atoms with Crippen LogP contribution in [-0.2, 0) is 11.3 Å². The van der Waals surface area contributed by atoms with Gasteiger partial charge in [-0.15, -0.1) is 11.3 Å². The Morgan fingerprint density at radius 1 is 1.42 bits per heavy atom. The Morgan fingerprint density at radius 2 is 2.21 bits per heavy atom. The first-order chi connectivity index (χ1) is 8.97. The molecule has 0 unspecified atom stereocenters. The number of ether oxygens (including phenoxy) is 1. The Labute approximate surface area is 110 Å². The van der Waals surface area contributed by atoms with Crippen molar-refractivity contribution in [2.75, 3.05) is 13.2 Å². The van der Waals surface area contributed by atoms with E-state index in [4.69, 9.17) is 0 Å². The Hall–Kier alpha value is -1.41. The van der Waals surface area contributed by atoms with Gasteiger partial charge < -0.3 is 4.74 Å². The highest BCUT2D eigenvalue weighted by atomic mass is 32.1. The number of halogens is 3. The molecule has 19 heavy (non-hydrogen) atoms. The number of fused-ring (bicyclic) bond motifs is 1. The first kappa shape index (κ1) is 14.0. The van der Waals surface area contributed by atoms with Gasteiger partial charge in [0.2, 0.25) is 0 Å². The molecule has 2 aromatic heterocycles. The summed E-state index contributed by atoms with van der Waals surface area (Å²) in [6.07, 6.45) is -2.58. The van der Waals surface area contributed by atoms with Crippen molar-refractivity contribution in [2.45, 2.75) is 19.1 Å². The predicted molar refractivity (Wildman–Crippen MR) is 65.4 cm³/mol. The second-order valence-electron chi connectivity index (χ2n) is 3.90. The summed E-state index contributed by atoms with van der Waals surface area (Å²) in [5.41, 5.74) is 0.468. The molecule has 0 radical (unpaired) electrons. The van der Waals surface area contributed by atoms with Gasteiger partial charge in [0.15, 0.2) is 0 Å². The average Bonchev–Trinajstić information content (AvgIpc) is 2.79. The van der Waals surface area contributed by atoms with Gasteiger partial charge in [-0.25, -0.2) is 4.98 Å². The van der Waals surface area contributed by atoms with Crippen molar-refractivity contribution < 1.29 is 17.9 Å². The molecule has 8 heteroatoms. The number of rotatable bonds is 5. The maximum absolute atomic E-state index is 11.9. The number of alkyl halides is 3. The van der Waals surface area contributed by atoms with Gasteiger partial charge in [-0.2, -0.15) is 13.2 Å². The maximum Gasteiger partial charge on any atom is 0.411 e. The summed E-state index contributed by atoms with van der Waals surface area (Å²) in [5.74, 6) is 0. The summed E-state index contributed by atoms with van der Waals surface area (Å²) in [4.78, 5) is 16.0. The quantitative estimate of drug-likeness (QED) is 0.795. The van der Waals surface area contributed by atoms with E-state index in [9.17, 15) is 18.0 Å². The van der Waals surface area contributed by atoms with Crippen molar-refractivity contribution in [3.05, 3.63) is 28.1 Å². The minimum Gasteiger partial charge on any atom is -0.372 e. The molecule has 0 N–H and O–H groups in total. The molecule has 4 nitrogen and oxygen atoms in total. The highest BCUT2D eigenvalue weighted by Gasteiger charge is 2.27. The van der Waals surface area contributed by atoms with Crippen molar-refractivity contribution in [1.82, 2.24) is 9.55 Å². The molecule has 0 aliphatic rings. The fourth-order valence-electron chi connectivity index (χ4n) is 1.56. The zero-order valence-electron chi connectivity index (χ0n) is 9.81. The number of hydrogen-bond acceptors (Lipinski definition) is 4. The van der Waals surface area contributed by atoms with Crippen LogP contribution in [0.15, 0.2) is 22.6 Å². The maximum atomic E-state index is 11.9. The Morgan fingerprint density at radius 3 is 2.95 bits per heavy atom. The van der Waals surface area contributed by atoms with Crippen LogP contribution < -0.4 is 5.56 Å². The number of aryl methyl sites for hydroxylation is 1. The Bertz CT molecular complexity index is 606. The minimum atomic E-state index is -4.31. The smallest absolute Gasteiger partial charge is 0.372 e. The summed E-state index contributed by atoms with van der Waals surface area (Å²) >= 11 is 1.30. The molecule has 0 aliphatic carbocycles. The topological polar surface area (TPSA) is 44.1 Å². The van der Waals surface area contributed by atoms with E-state index in [0.717, 1.165) is 0 Å². The first-order valence-corrected chi connectivity index (χ1v) is 6.42. The van der Waals surface area contributed by atoms with E-state index in [2.05, 4.69) is 9.72 Å². The third-order valence-corrected chi connectivity index (χ3v) is 3.28.